The highest BCUT2D eigenvalue weighted by molar-refractivity contribution is 9.11. The van der Waals surface area contributed by atoms with E-state index in [0.717, 1.165) is 30.1 Å². The van der Waals surface area contributed by atoms with E-state index in [1.54, 1.807) is 0 Å². The van der Waals surface area contributed by atoms with Crippen LogP contribution in [0.5, 0.6) is 0 Å². The summed E-state index contributed by atoms with van der Waals surface area (Å²) >= 11 is 10.4. The van der Waals surface area contributed by atoms with Gasteiger partial charge in [-0.2, -0.15) is 0 Å². The lowest BCUT2D eigenvalue weighted by molar-refractivity contribution is 0.787. The van der Waals surface area contributed by atoms with Crippen LogP contribution in [0.4, 0.5) is 0 Å². The third kappa shape index (κ3) is 5.73. The molecule has 3 rings (SSSR count). The van der Waals surface area contributed by atoms with E-state index in [9.17, 15) is 0 Å². The molecule has 130 valence electrons. The van der Waals surface area contributed by atoms with Gasteiger partial charge in [-0.1, -0.05) is 84.2 Å². The maximum Gasteiger partial charge on any atom is 0.165 e. The number of aliphatic imine (C=N–C) groups is 2. The van der Waals surface area contributed by atoms with Crippen LogP contribution in [0.2, 0.25) is 0 Å². The van der Waals surface area contributed by atoms with Gasteiger partial charge in [0.25, 0.3) is 0 Å². The molecule has 0 radical (unpaired) electrons. The molecule has 0 amide bonds. The maximum absolute atomic E-state index is 4.69. The fourth-order valence-corrected chi connectivity index (χ4v) is 3.05. The summed E-state index contributed by atoms with van der Waals surface area (Å²) in [5.74, 6) is 0. The molecule has 2 nitrogen and oxygen atoms in total. The number of benzene rings is 3. The van der Waals surface area contributed by atoms with E-state index in [1.807, 2.05) is 85.2 Å². The Morgan fingerprint density at radius 3 is 1.27 bits per heavy atom. The molecule has 0 saturated heterocycles. The van der Waals surface area contributed by atoms with Crippen molar-refractivity contribution in [2.75, 3.05) is 0 Å². The molecule has 0 aliphatic rings. The molecular weight excluding hydrogens is 520 g/mol. The molecule has 0 aromatic heterocycles. The molecule has 0 unspecified atom stereocenters. The smallest absolute Gasteiger partial charge is 0.165 e. The van der Waals surface area contributed by atoms with E-state index >= 15 is 0 Å². The summed E-state index contributed by atoms with van der Waals surface area (Å²) in [6.45, 7) is 0. The second-order valence-electron chi connectivity index (χ2n) is 5.58. The van der Waals surface area contributed by atoms with Crippen LogP contribution < -0.4 is 0 Å². The van der Waals surface area contributed by atoms with Gasteiger partial charge in [-0.25, -0.2) is 0 Å². The average molecular weight is 535 g/mol. The van der Waals surface area contributed by atoms with E-state index in [-0.39, 0.29) is 6.17 Å². The molecule has 0 atom stereocenters. The summed E-state index contributed by atoms with van der Waals surface area (Å²) in [7, 11) is 0. The maximum atomic E-state index is 4.69. The Balaban J connectivity index is 1.86. The highest BCUT2D eigenvalue weighted by Crippen LogP contribution is 2.22. The number of hydrogen-bond acceptors (Lipinski definition) is 2. The van der Waals surface area contributed by atoms with Crippen molar-refractivity contribution in [2.45, 2.75) is 6.17 Å². The van der Waals surface area contributed by atoms with E-state index < -0.39 is 0 Å². The molecule has 5 heteroatoms. The molecule has 0 fully saturated rings. The van der Waals surface area contributed by atoms with Crippen LogP contribution in [0.3, 0.4) is 0 Å². The lowest BCUT2D eigenvalue weighted by atomic mass is 10.1. The van der Waals surface area contributed by atoms with Crippen molar-refractivity contribution in [2.24, 2.45) is 9.98 Å². The Morgan fingerprint density at radius 1 is 0.538 bits per heavy atom. The van der Waals surface area contributed by atoms with Crippen molar-refractivity contribution >= 4 is 60.2 Å². The van der Waals surface area contributed by atoms with Crippen LogP contribution in [0, 0.1) is 0 Å². The van der Waals surface area contributed by atoms with E-state index in [0.29, 0.717) is 0 Å². The predicted octanol–water partition coefficient (Wildman–Crippen LogP) is 7.21. The SMILES string of the molecule is Brc1ccc(C=NC(N=Cc2ccc(Br)cc2)c2ccc(Br)cc2)cc1. The fraction of sp³-hybridized carbons (Fsp3) is 0.0476. The lowest BCUT2D eigenvalue weighted by Crippen LogP contribution is -1.95. The second-order valence-corrected chi connectivity index (χ2v) is 8.33. The first kappa shape index (κ1) is 19.2. The van der Waals surface area contributed by atoms with Gasteiger partial charge in [-0.15, -0.1) is 0 Å². The molecule has 0 N–H and O–H groups in total. The van der Waals surface area contributed by atoms with Gasteiger partial charge in [0.15, 0.2) is 6.17 Å². The molecule has 0 spiro atoms. The minimum absolute atomic E-state index is 0.296. The Bertz CT molecular complexity index is 844. The molecular formula is C21H15Br3N2. The third-order valence-corrected chi connectivity index (χ3v) is 5.22. The summed E-state index contributed by atoms with van der Waals surface area (Å²) in [4.78, 5) is 9.39. The van der Waals surface area contributed by atoms with Crippen molar-refractivity contribution in [3.8, 4) is 0 Å². The van der Waals surface area contributed by atoms with Gasteiger partial charge in [0.05, 0.1) is 0 Å². The Morgan fingerprint density at radius 2 is 0.885 bits per heavy atom. The van der Waals surface area contributed by atoms with Crippen molar-refractivity contribution in [1.29, 1.82) is 0 Å². The Kier molecular flexibility index (Phi) is 6.94. The summed E-state index contributed by atoms with van der Waals surface area (Å²) in [5, 5.41) is 0. The molecule has 3 aromatic carbocycles. The first-order valence-electron chi connectivity index (χ1n) is 7.93. The van der Waals surface area contributed by atoms with Gasteiger partial charge in [0.2, 0.25) is 0 Å². The van der Waals surface area contributed by atoms with Crippen LogP contribution in [-0.4, -0.2) is 12.4 Å². The quantitative estimate of drug-likeness (QED) is 0.309. The van der Waals surface area contributed by atoms with Crippen molar-refractivity contribution in [1.82, 2.24) is 0 Å². The van der Waals surface area contributed by atoms with Gasteiger partial charge in [0, 0.05) is 25.8 Å². The lowest BCUT2D eigenvalue weighted by Gasteiger charge is -2.08. The van der Waals surface area contributed by atoms with Gasteiger partial charge in [-0.3, -0.25) is 9.98 Å². The van der Waals surface area contributed by atoms with E-state index in [1.165, 1.54) is 0 Å². The van der Waals surface area contributed by atoms with E-state index in [2.05, 4.69) is 47.8 Å². The zero-order chi connectivity index (χ0) is 18.4. The summed E-state index contributed by atoms with van der Waals surface area (Å²) in [6.07, 6.45) is 3.42. The van der Waals surface area contributed by atoms with E-state index in [4.69, 9.17) is 9.98 Å². The molecule has 0 bridgehead atoms. The molecule has 0 saturated carbocycles. The van der Waals surface area contributed by atoms with Crippen molar-refractivity contribution in [3.05, 3.63) is 103 Å². The van der Waals surface area contributed by atoms with Crippen LogP contribution in [0.15, 0.2) is 96.2 Å². The van der Waals surface area contributed by atoms with Crippen molar-refractivity contribution < 1.29 is 0 Å². The number of hydrogen-bond donors (Lipinski definition) is 0. The first-order valence-corrected chi connectivity index (χ1v) is 10.3. The summed E-state index contributed by atoms with van der Waals surface area (Å²) in [6, 6.07) is 24.2. The zero-order valence-electron chi connectivity index (χ0n) is 13.7. The third-order valence-electron chi connectivity index (χ3n) is 3.64. The van der Waals surface area contributed by atoms with Gasteiger partial charge < -0.3 is 0 Å². The average Bonchev–Trinajstić information content (AvgIpc) is 2.65. The molecule has 0 aliphatic carbocycles. The summed E-state index contributed by atoms with van der Waals surface area (Å²) < 4.78 is 3.13. The fourth-order valence-electron chi connectivity index (χ4n) is 2.26. The Labute approximate surface area is 178 Å². The van der Waals surface area contributed by atoms with Crippen LogP contribution >= 0.6 is 47.8 Å². The molecule has 26 heavy (non-hydrogen) atoms. The monoisotopic (exact) mass is 532 g/mol. The molecule has 0 aliphatic heterocycles. The highest BCUT2D eigenvalue weighted by atomic mass is 79.9. The topological polar surface area (TPSA) is 24.7 Å². The van der Waals surface area contributed by atoms with Gasteiger partial charge in [-0.05, 0) is 53.1 Å². The number of halogens is 3. The first-order chi connectivity index (χ1) is 12.6. The standard InChI is InChI=1S/C21H15Br3N2/c22-18-7-1-15(2-8-18)13-25-21(17-5-11-20(24)12-6-17)26-14-16-3-9-19(23)10-4-16/h1-14,21H. The Hall–Kier alpha value is -1.56. The van der Waals surface area contributed by atoms with Crippen LogP contribution in [-0.2, 0) is 0 Å². The second kappa shape index (κ2) is 9.40. The van der Waals surface area contributed by atoms with Crippen LogP contribution in [0.25, 0.3) is 0 Å². The normalized spacial score (nSPS) is 12.7. The zero-order valence-corrected chi connectivity index (χ0v) is 18.4. The minimum atomic E-state index is -0.296. The number of nitrogens with zero attached hydrogens (tertiary/aromatic N) is 2. The highest BCUT2D eigenvalue weighted by Gasteiger charge is 2.06. The molecule has 0 heterocycles. The minimum Gasteiger partial charge on any atom is -0.261 e. The largest absolute Gasteiger partial charge is 0.261 e. The summed E-state index contributed by atoms with van der Waals surface area (Å²) in [5.41, 5.74) is 3.11. The van der Waals surface area contributed by atoms with Gasteiger partial charge in [0.1, 0.15) is 0 Å². The predicted molar refractivity (Wildman–Crippen MR) is 120 cm³/mol. The molecule has 3 aromatic rings. The van der Waals surface area contributed by atoms with Crippen molar-refractivity contribution in [3.63, 3.8) is 0 Å². The number of rotatable bonds is 5. The van der Waals surface area contributed by atoms with Gasteiger partial charge >= 0.3 is 0 Å². The van der Waals surface area contributed by atoms with Crippen LogP contribution in [0.1, 0.15) is 22.9 Å².